The summed E-state index contributed by atoms with van der Waals surface area (Å²) in [6.45, 7) is 1.29. The number of nitrogens with zero attached hydrogens (tertiary/aromatic N) is 1. The third-order valence-corrected chi connectivity index (χ3v) is 3.39. The van der Waals surface area contributed by atoms with Gasteiger partial charge in [0.2, 0.25) is 0 Å². The largest absolute Gasteiger partial charge is 0.494 e. The summed E-state index contributed by atoms with van der Waals surface area (Å²) in [5, 5.41) is 14.4. The van der Waals surface area contributed by atoms with Crippen LogP contribution in [0.4, 0.5) is 0 Å². The van der Waals surface area contributed by atoms with Crippen molar-refractivity contribution >= 4 is 12.1 Å². The fourth-order valence-electron chi connectivity index (χ4n) is 2.05. The van der Waals surface area contributed by atoms with E-state index in [1.807, 2.05) is 24.3 Å². The van der Waals surface area contributed by atoms with E-state index in [-0.39, 0.29) is 5.84 Å². The molecule has 0 aliphatic rings. The molecular formula is C18H22N4O2. The average Bonchev–Trinajstić information content (AvgIpc) is 2.62. The Morgan fingerprint density at radius 1 is 0.958 bits per heavy atom. The Morgan fingerprint density at radius 2 is 1.58 bits per heavy atom. The van der Waals surface area contributed by atoms with Crippen molar-refractivity contribution in [2.75, 3.05) is 13.2 Å². The molecule has 1 heterocycles. The molecule has 0 fully saturated rings. The van der Waals surface area contributed by atoms with Crippen LogP contribution >= 0.6 is 0 Å². The van der Waals surface area contributed by atoms with Crippen molar-refractivity contribution in [3.05, 3.63) is 53.9 Å². The summed E-state index contributed by atoms with van der Waals surface area (Å²) in [7, 11) is 0. The summed E-state index contributed by atoms with van der Waals surface area (Å²) in [6, 6.07) is 10.9. The summed E-state index contributed by atoms with van der Waals surface area (Å²) >= 11 is 0. The number of rotatable bonds is 10. The lowest BCUT2D eigenvalue weighted by atomic mass is 10.2. The van der Waals surface area contributed by atoms with Crippen molar-refractivity contribution in [2.45, 2.75) is 19.3 Å². The third-order valence-electron chi connectivity index (χ3n) is 3.39. The van der Waals surface area contributed by atoms with Gasteiger partial charge in [-0.25, -0.2) is 4.98 Å². The van der Waals surface area contributed by atoms with Gasteiger partial charge >= 0.3 is 0 Å². The molecule has 0 aliphatic carbocycles. The molecule has 0 unspecified atom stereocenters. The number of nitrogen functional groups attached to an aromatic ring is 1. The Labute approximate surface area is 141 Å². The number of unbranched alkanes of at least 4 members (excludes halogenated alkanes) is 2. The van der Waals surface area contributed by atoms with Crippen molar-refractivity contribution < 1.29 is 9.47 Å². The smallest absolute Gasteiger partial charge is 0.141 e. The van der Waals surface area contributed by atoms with Crippen LogP contribution in [0.5, 0.6) is 11.5 Å². The van der Waals surface area contributed by atoms with Crippen LogP contribution in [0.3, 0.4) is 0 Å². The molecule has 0 amide bonds. The van der Waals surface area contributed by atoms with Crippen LogP contribution in [-0.2, 0) is 0 Å². The van der Waals surface area contributed by atoms with Crippen molar-refractivity contribution in [3.63, 3.8) is 0 Å². The summed E-state index contributed by atoms with van der Waals surface area (Å²) in [5.41, 5.74) is 6.66. The first-order chi connectivity index (χ1) is 11.7. The number of hydrogen-bond donors (Lipinski definition) is 3. The van der Waals surface area contributed by atoms with E-state index in [0.29, 0.717) is 24.7 Å². The van der Waals surface area contributed by atoms with Gasteiger partial charge in [0.1, 0.15) is 23.0 Å². The molecule has 2 rings (SSSR count). The van der Waals surface area contributed by atoms with Crippen LogP contribution < -0.4 is 15.2 Å². The molecule has 0 saturated heterocycles. The molecule has 4 N–H and O–H groups in total. The topological polar surface area (TPSA) is 105 Å². The van der Waals surface area contributed by atoms with Crippen LogP contribution in [0.1, 0.15) is 30.5 Å². The lowest BCUT2D eigenvalue weighted by molar-refractivity contribution is 0.279. The van der Waals surface area contributed by atoms with Gasteiger partial charge in [0.05, 0.1) is 19.4 Å². The zero-order valence-electron chi connectivity index (χ0n) is 13.5. The zero-order valence-corrected chi connectivity index (χ0v) is 13.5. The van der Waals surface area contributed by atoms with Crippen LogP contribution in [0.25, 0.3) is 0 Å². The van der Waals surface area contributed by atoms with Gasteiger partial charge in [-0.2, -0.15) is 0 Å². The standard InChI is InChI=1S/C18H22N4O2/c19-12-14-4-6-15(7-5-14)23-10-2-1-3-11-24-16-8-9-17(18(20)21)22-13-16/h4-9,12-13,19H,1-3,10-11H2,(H3,20,21). The third kappa shape index (κ3) is 5.72. The Hall–Kier alpha value is -2.89. The van der Waals surface area contributed by atoms with Gasteiger partial charge in [-0.05, 0) is 61.2 Å². The molecule has 0 bridgehead atoms. The number of aromatic nitrogens is 1. The second-order valence-corrected chi connectivity index (χ2v) is 5.26. The first kappa shape index (κ1) is 17.5. The van der Waals surface area contributed by atoms with E-state index in [1.165, 1.54) is 6.21 Å². The van der Waals surface area contributed by atoms with Gasteiger partial charge in [-0.1, -0.05) is 0 Å². The number of nitrogens with one attached hydrogen (secondary N) is 2. The Morgan fingerprint density at radius 3 is 2.12 bits per heavy atom. The predicted molar refractivity (Wildman–Crippen MR) is 94.4 cm³/mol. The number of pyridine rings is 1. The molecule has 0 radical (unpaired) electrons. The Balaban J connectivity index is 1.56. The highest BCUT2D eigenvalue weighted by Crippen LogP contribution is 2.12. The fourth-order valence-corrected chi connectivity index (χ4v) is 2.05. The molecule has 0 aliphatic heterocycles. The minimum atomic E-state index is -0.0472. The lowest BCUT2D eigenvalue weighted by Crippen LogP contribution is -2.12. The molecule has 1 aromatic carbocycles. The molecule has 0 atom stereocenters. The number of ether oxygens (including phenoxy) is 2. The molecule has 6 heteroatoms. The second-order valence-electron chi connectivity index (χ2n) is 5.26. The summed E-state index contributed by atoms with van der Waals surface area (Å²) in [5.74, 6) is 1.46. The summed E-state index contributed by atoms with van der Waals surface area (Å²) in [6.07, 6.45) is 5.80. The normalized spacial score (nSPS) is 10.2. The van der Waals surface area contributed by atoms with Crippen LogP contribution in [0.15, 0.2) is 42.6 Å². The fraction of sp³-hybridized carbons (Fsp3) is 0.278. The molecular weight excluding hydrogens is 304 g/mol. The molecule has 0 saturated carbocycles. The van der Waals surface area contributed by atoms with E-state index in [4.69, 9.17) is 26.0 Å². The molecule has 126 valence electrons. The zero-order chi connectivity index (χ0) is 17.2. The van der Waals surface area contributed by atoms with Crippen molar-refractivity contribution in [2.24, 2.45) is 5.73 Å². The van der Waals surface area contributed by atoms with E-state index < -0.39 is 0 Å². The first-order valence-electron chi connectivity index (χ1n) is 7.85. The van der Waals surface area contributed by atoms with Gasteiger partial charge in [0.15, 0.2) is 0 Å². The molecule has 6 nitrogen and oxygen atoms in total. The Bertz CT molecular complexity index is 654. The van der Waals surface area contributed by atoms with Crippen LogP contribution in [0, 0.1) is 10.8 Å². The van der Waals surface area contributed by atoms with Gasteiger partial charge in [-0.15, -0.1) is 0 Å². The van der Waals surface area contributed by atoms with Crippen LogP contribution in [-0.4, -0.2) is 30.2 Å². The number of amidine groups is 1. The monoisotopic (exact) mass is 326 g/mol. The maximum Gasteiger partial charge on any atom is 0.141 e. The SMILES string of the molecule is N=Cc1ccc(OCCCCCOc2ccc(C(=N)N)nc2)cc1. The highest BCUT2D eigenvalue weighted by molar-refractivity contribution is 5.92. The highest BCUT2D eigenvalue weighted by Gasteiger charge is 1.99. The lowest BCUT2D eigenvalue weighted by Gasteiger charge is -2.08. The van der Waals surface area contributed by atoms with Gasteiger partial charge in [0, 0.05) is 6.21 Å². The highest BCUT2D eigenvalue weighted by atomic mass is 16.5. The Kier molecular flexibility index (Phi) is 6.76. The number of benzene rings is 1. The molecule has 2 aromatic rings. The molecule has 1 aromatic heterocycles. The van der Waals surface area contributed by atoms with E-state index in [1.54, 1.807) is 18.3 Å². The number of nitrogens with two attached hydrogens (primary N) is 1. The maximum atomic E-state index is 7.27. The average molecular weight is 326 g/mol. The van der Waals surface area contributed by atoms with Gasteiger partial charge < -0.3 is 20.6 Å². The number of hydrogen-bond acceptors (Lipinski definition) is 5. The van der Waals surface area contributed by atoms with Crippen LogP contribution in [0.2, 0.25) is 0 Å². The van der Waals surface area contributed by atoms with E-state index >= 15 is 0 Å². The summed E-state index contributed by atoms with van der Waals surface area (Å²) < 4.78 is 11.2. The van der Waals surface area contributed by atoms with Crippen molar-refractivity contribution in [1.29, 1.82) is 10.8 Å². The van der Waals surface area contributed by atoms with Crippen molar-refractivity contribution in [1.82, 2.24) is 4.98 Å². The van der Waals surface area contributed by atoms with Gasteiger partial charge in [0.25, 0.3) is 0 Å². The predicted octanol–water partition coefficient (Wildman–Crippen LogP) is 2.99. The minimum Gasteiger partial charge on any atom is -0.494 e. The molecule has 24 heavy (non-hydrogen) atoms. The quantitative estimate of drug-likeness (QED) is 0.354. The maximum absolute atomic E-state index is 7.27. The first-order valence-corrected chi connectivity index (χ1v) is 7.85. The van der Waals surface area contributed by atoms with E-state index in [9.17, 15) is 0 Å². The van der Waals surface area contributed by atoms with E-state index in [0.717, 1.165) is 30.6 Å². The second kappa shape index (κ2) is 9.29. The van der Waals surface area contributed by atoms with E-state index in [2.05, 4.69) is 4.98 Å². The summed E-state index contributed by atoms with van der Waals surface area (Å²) in [4.78, 5) is 4.04. The minimum absolute atomic E-state index is 0.0472. The van der Waals surface area contributed by atoms with Crippen molar-refractivity contribution in [3.8, 4) is 11.5 Å². The van der Waals surface area contributed by atoms with Gasteiger partial charge in [-0.3, -0.25) is 5.41 Å². The molecule has 0 spiro atoms.